The summed E-state index contributed by atoms with van der Waals surface area (Å²) in [6.07, 6.45) is 2.01. The van der Waals surface area contributed by atoms with Gasteiger partial charge in [0.2, 0.25) is 10.0 Å². The normalized spacial score (nSPS) is 16.8. The van der Waals surface area contributed by atoms with Crippen LogP contribution in [-0.4, -0.2) is 28.6 Å². The molecule has 0 aromatic heterocycles. The molecule has 0 amide bonds. The van der Waals surface area contributed by atoms with E-state index in [1.807, 2.05) is 0 Å². The highest BCUT2D eigenvalue weighted by Crippen LogP contribution is 2.28. The quantitative estimate of drug-likeness (QED) is 0.791. The van der Waals surface area contributed by atoms with Crippen molar-refractivity contribution < 1.29 is 13.3 Å². The Morgan fingerprint density at radius 2 is 2.17 bits per heavy atom. The number of nitrogens with one attached hydrogen (secondary N) is 1. The SMILES string of the molecule is CNS(=O)(=O)c1ccc(N)c(N2CCCCO2)c1. The summed E-state index contributed by atoms with van der Waals surface area (Å²) in [5.74, 6) is 0. The molecule has 0 saturated carbocycles. The van der Waals surface area contributed by atoms with E-state index in [-0.39, 0.29) is 4.90 Å². The number of hydrogen-bond donors (Lipinski definition) is 2. The molecule has 0 aliphatic carbocycles. The number of nitrogens with zero attached hydrogens (tertiary/aromatic N) is 1. The summed E-state index contributed by atoms with van der Waals surface area (Å²) in [6.45, 7) is 1.34. The van der Waals surface area contributed by atoms with Gasteiger partial charge in [0, 0.05) is 6.54 Å². The molecule has 100 valence electrons. The Kier molecular flexibility index (Phi) is 3.74. The first kappa shape index (κ1) is 13.1. The van der Waals surface area contributed by atoms with Crippen LogP contribution in [0.1, 0.15) is 12.8 Å². The van der Waals surface area contributed by atoms with E-state index in [0.717, 1.165) is 12.8 Å². The van der Waals surface area contributed by atoms with Crippen LogP contribution in [0.5, 0.6) is 0 Å². The predicted molar refractivity (Wildman–Crippen MR) is 69.6 cm³/mol. The van der Waals surface area contributed by atoms with Gasteiger partial charge in [0.25, 0.3) is 0 Å². The van der Waals surface area contributed by atoms with Crippen LogP contribution in [0, 0.1) is 0 Å². The molecule has 1 aromatic carbocycles. The van der Waals surface area contributed by atoms with Gasteiger partial charge >= 0.3 is 0 Å². The molecule has 2 rings (SSSR count). The molecule has 0 unspecified atom stereocenters. The molecule has 18 heavy (non-hydrogen) atoms. The number of hydrogen-bond acceptors (Lipinski definition) is 5. The molecule has 0 bridgehead atoms. The fourth-order valence-electron chi connectivity index (χ4n) is 1.81. The fourth-order valence-corrected chi connectivity index (χ4v) is 2.56. The van der Waals surface area contributed by atoms with Gasteiger partial charge in [-0.05, 0) is 38.1 Å². The predicted octanol–water partition coefficient (Wildman–Crippen LogP) is 0.709. The maximum atomic E-state index is 11.7. The molecule has 0 radical (unpaired) electrons. The summed E-state index contributed by atoms with van der Waals surface area (Å²) in [5.41, 5.74) is 6.98. The summed E-state index contributed by atoms with van der Waals surface area (Å²) in [5, 5.41) is 1.66. The minimum absolute atomic E-state index is 0.184. The van der Waals surface area contributed by atoms with E-state index >= 15 is 0 Å². The summed E-state index contributed by atoms with van der Waals surface area (Å²) in [4.78, 5) is 5.67. The second-order valence-electron chi connectivity index (χ2n) is 4.07. The Hall–Kier alpha value is -1.31. The maximum Gasteiger partial charge on any atom is 0.240 e. The molecule has 3 N–H and O–H groups in total. The third-order valence-electron chi connectivity index (χ3n) is 2.85. The summed E-state index contributed by atoms with van der Waals surface area (Å²) in [6, 6.07) is 4.60. The molecule has 1 aromatic rings. The molecule has 1 aliphatic heterocycles. The van der Waals surface area contributed by atoms with Gasteiger partial charge in [-0.15, -0.1) is 0 Å². The van der Waals surface area contributed by atoms with Crippen molar-refractivity contribution in [2.75, 3.05) is 31.0 Å². The van der Waals surface area contributed by atoms with E-state index in [9.17, 15) is 8.42 Å². The minimum Gasteiger partial charge on any atom is -0.397 e. The zero-order valence-electron chi connectivity index (χ0n) is 10.2. The molecule has 1 saturated heterocycles. The van der Waals surface area contributed by atoms with Crippen LogP contribution in [0.15, 0.2) is 23.1 Å². The average molecular weight is 271 g/mol. The van der Waals surface area contributed by atoms with Crippen LogP contribution < -0.4 is 15.5 Å². The Bertz CT molecular complexity index is 524. The van der Waals surface area contributed by atoms with Crippen molar-refractivity contribution in [3.8, 4) is 0 Å². The second-order valence-corrected chi connectivity index (χ2v) is 5.96. The topological polar surface area (TPSA) is 84.7 Å². The number of anilines is 2. The van der Waals surface area contributed by atoms with Crippen LogP contribution in [0.25, 0.3) is 0 Å². The molecule has 1 heterocycles. The van der Waals surface area contributed by atoms with Gasteiger partial charge in [0.05, 0.1) is 22.9 Å². The van der Waals surface area contributed by atoms with E-state index in [1.165, 1.54) is 19.2 Å². The summed E-state index contributed by atoms with van der Waals surface area (Å²) >= 11 is 0. The van der Waals surface area contributed by atoms with Crippen LogP contribution in [0.2, 0.25) is 0 Å². The Balaban J connectivity index is 2.38. The van der Waals surface area contributed by atoms with Crippen LogP contribution in [0.4, 0.5) is 11.4 Å². The van der Waals surface area contributed by atoms with Crippen LogP contribution in [-0.2, 0) is 14.9 Å². The molecule has 7 heteroatoms. The second kappa shape index (κ2) is 5.13. The van der Waals surface area contributed by atoms with Crippen molar-refractivity contribution in [2.45, 2.75) is 17.7 Å². The minimum atomic E-state index is -3.46. The van der Waals surface area contributed by atoms with E-state index < -0.39 is 10.0 Å². The lowest BCUT2D eigenvalue weighted by Crippen LogP contribution is -2.30. The number of sulfonamides is 1. The molecule has 1 fully saturated rings. The first-order valence-electron chi connectivity index (χ1n) is 5.78. The third kappa shape index (κ3) is 2.58. The molecule has 0 spiro atoms. The van der Waals surface area contributed by atoms with E-state index in [2.05, 4.69) is 4.72 Å². The van der Waals surface area contributed by atoms with E-state index in [4.69, 9.17) is 10.6 Å². The van der Waals surface area contributed by atoms with Crippen molar-refractivity contribution in [2.24, 2.45) is 0 Å². The first-order valence-corrected chi connectivity index (χ1v) is 7.26. The number of rotatable bonds is 3. The smallest absolute Gasteiger partial charge is 0.240 e. The average Bonchev–Trinajstić information content (AvgIpc) is 2.40. The highest BCUT2D eigenvalue weighted by Gasteiger charge is 2.18. The number of nitrogens with two attached hydrogens (primary N) is 1. The van der Waals surface area contributed by atoms with Gasteiger partial charge in [-0.1, -0.05) is 0 Å². The molecular formula is C11H17N3O3S. The molecule has 0 atom stereocenters. The largest absolute Gasteiger partial charge is 0.397 e. The Labute approximate surface area is 107 Å². The molecule has 1 aliphatic rings. The lowest BCUT2D eigenvalue weighted by molar-refractivity contribution is 0.0780. The molecular weight excluding hydrogens is 254 g/mol. The van der Waals surface area contributed by atoms with Crippen molar-refractivity contribution in [3.05, 3.63) is 18.2 Å². The summed E-state index contributed by atoms with van der Waals surface area (Å²) in [7, 11) is -2.09. The Morgan fingerprint density at radius 1 is 1.39 bits per heavy atom. The van der Waals surface area contributed by atoms with Crippen LogP contribution in [0.3, 0.4) is 0 Å². The zero-order valence-corrected chi connectivity index (χ0v) is 11.0. The maximum absolute atomic E-state index is 11.7. The standard InChI is InChI=1S/C11H17N3O3S/c1-13-18(15,16)9-4-5-10(12)11(8-9)14-6-2-3-7-17-14/h4-5,8,13H,2-3,6-7,12H2,1H3. The van der Waals surface area contributed by atoms with Gasteiger partial charge < -0.3 is 5.73 Å². The van der Waals surface area contributed by atoms with Crippen molar-refractivity contribution in [3.63, 3.8) is 0 Å². The van der Waals surface area contributed by atoms with Crippen molar-refractivity contribution >= 4 is 21.4 Å². The lowest BCUT2D eigenvalue weighted by atomic mass is 10.2. The zero-order chi connectivity index (χ0) is 13.2. The van der Waals surface area contributed by atoms with Gasteiger partial charge in [-0.2, -0.15) is 0 Å². The van der Waals surface area contributed by atoms with E-state index in [0.29, 0.717) is 24.5 Å². The van der Waals surface area contributed by atoms with E-state index in [1.54, 1.807) is 11.1 Å². The lowest BCUT2D eigenvalue weighted by Gasteiger charge is -2.29. The van der Waals surface area contributed by atoms with Gasteiger partial charge in [-0.25, -0.2) is 13.1 Å². The molecule has 6 nitrogen and oxygen atoms in total. The van der Waals surface area contributed by atoms with Crippen molar-refractivity contribution in [1.82, 2.24) is 4.72 Å². The first-order chi connectivity index (χ1) is 8.54. The highest BCUT2D eigenvalue weighted by atomic mass is 32.2. The van der Waals surface area contributed by atoms with Crippen molar-refractivity contribution in [1.29, 1.82) is 0 Å². The van der Waals surface area contributed by atoms with Crippen LogP contribution >= 0.6 is 0 Å². The monoisotopic (exact) mass is 271 g/mol. The van der Waals surface area contributed by atoms with Gasteiger partial charge in [0.15, 0.2) is 0 Å². The number of benzene rings is 1. The number of hydroxylamine groups is 1. The Morgan fingerprint density at radius 3 is 2.78 bits per heavy atom. The summed E-state index contributed by atoms with van der Waals surface area (Å²) < 4.78 is 25.8. The fraction of sp³-hybridized carbons (Fsp3) is 0.455. The highest BCUT2D eigenvalue weighted by molar-refractivity contribution is 7.89. The number of nitrogen functional groups attached to an aromatic ring is 1. The van der Waals surface area contributed by atoms with Gasteiger partial charge in [0.1, 0.15) is 0 Å². The third-order valence-corrected chi connectivity index (χ3v) is 4.26. The van der Waals surface area contributed by atoms with Gasteiger partial charge in [-0.3, -0.25) is 9.90 Å².